The van der Waals surface area contributed by atoms with Crippen molar-refractivity contribution in [3.05, 3.63) is 98.5 Å². The molecule has 236 valence electrons. The number of benzene rings is 3. The predicted molar refractivity (Wildman–Crippen MR) is 180 cm³/mol. The largest absolute Gasteiger partial charge is 0.369 e. The maximum Gasteiger partial charge on any atom is 0.229 e. The highest BCUT2D eigenvalue weighted by molar-refractivity contribution is 14.1. The van der Waals surface area contributed by atoms with Crippen LogP contribution >= 0.6 is 22.6 Å². The number of rotatable bonds is 6. The van der Waals surface area contributed by atoms with Crippen molar-refractivity contribution in [2.45, 2.75) is 31.8 Å². The van der Waals surface area contributed by atoms with Gasteiger partial charge in [-0.25, -0.2) is 28.1 Å². The lowest BCUT2D eigenvalue weighted by Gasteiger charge is -2.18. The summed E-state index contributed by atoms with van der Waals surface area (Å²) < 4.78 is 45.4. The zero-order valence-corrected chi connectivity index (χ0v) is 27.1. The molecule has 2 aliphatic rings. The lowest BCUT2D eigenvalue weighted by atomic mass is 9.95. The Morgan fingerprint density at radius 2 is 1.80 bits per heavy atom. The van der Waals surface area contributed by atoms with Crippen LogP contribution in [-0.4, -0.2) is 52.6 Å². The van der Waals surface area contributed by atoms with Crippen molar-refractivity contribution in [2.24, 2.45) is 21.6 Å². The zero-order valence-electron chi connectivity index (χ0n) is 25.0. The molecule has 1 aromatic heterocycles. The van der Waals surface area contributed by atoms with E-state index in [1.54, 1.807) is 6.20 Å². The van der Waals surface area contributed by atoms with E-state index < -0.39 is 17.5 Å². The van der Waals surface area contributed by atoms with Crippen LogP contribution in [-0.2, 0) is 11.3 Å². The number of anilines is 2. The highest BCUT2D eigenvalue weighted by Gasteiger charge is 2.31. The molecular weight excluding hydrogens is 708 g/mol. The van der Waals surface area contributed by atoms with Gasteiger partial charge in [0.1, 0.15) is 23.1 Å². The van der Waals surface area contributed by atoms with E-state index in [0.29, 0.717) is 34.1 Å². The highest BCUT2D eigenvalue weighted by Crippen LogP contribution is 2.35. The molecule has 1 aliphatic heterocycles. The maximum absolute atomic E-state index is 14.9. The lowest BCUT2D eigenvalue weighted by Crippen LogP contribution is -2.40. The topological polar surface area (TPSA) is 121 Å². The number of nitrogens with zero attached hydrogens (tertiary/aromatic N) is 5. The van der Waals surface area contributed by atoms with E-state index in [-0.39, 0.29) is 47.2 Å². The molecule has 4 N–H and O–H groups in total. The molecule has 2 atom stereocenters. The number of carbonyl (C=O) groups is 1. The van der Waals surface area contributed by atoms with Crippen molar-refractivity contribution >= 4 is 57.5 Å². The standard InChI is InChI=1S/C33H30F3IN8O/c1-45(2)21-9-6-17(12-21)31(46)44-32(38)42-27-14-20(8-11-24(27)34)41-33-40-16-18-15-39-30(28-25(35)4-3-5-26(28)36)23-13-19(37)7-10-22(23)29(18)43-33/h3-5,7-8,10-11,13-14,16-17,21H,6,9,12,15H2,1-2H3,(H,40,41,43)(H3,38,42,44,46). The van der Waals surface area contributed by atoms with Crippen molar-refractivity contribution in [3.8, 4) is 11.3 Å². The molecule has 4 aromatic rings. The van der Waals surface area contributed by atoms with E-state index in [2.05, 4.69) is 53.1 Å². The van der Waals surface area contributed by atoms with Gasteiger partial charge in [0, 0.05) is 44.1 Å². The number of amides is 1. The average Bonchev–Trinajstić information content (AvgIpc) is 3.47. The summed E-state index contributed by atoms with van der Waals surface area (Å²) in [7, 11) is 3.97. The van der Waals surface area contributed by atoms with Crippen LogP contribution in [0.1, 0.15) is 36.0 Å². The normalized spacial score (nSPS) is 17.6. The van der Waals surface area contributed by atoms with Gasteiger partial charge in [0.25, 0.3) is 0 Å². The Morgan fingerprint density at radius 3 is 2.54 bits per heavy atom. The summed E-state index contributed by atoms with van der Waals surface area (Å²) in [6, 6.07) is 13.7. The van der Waals surface area contributed by atoms with Crippen LogP contribution in [0.5, 0.6) is 0 Å². The van der Waals surface area contributed by atoms with Gasteiger partial charge in [0.05, 0.1) is 23.5 Å². The van der Waals surface area contributed by atoms with Crippen LogP contribution in [0.4, 0.5) is 30.5 Å². The summed E-state index contributed by atoms with van der Waals surface area (Å²) in [5, 5.41) is 5.67. The fourth-order valence-electron chi connectivity index (χ4n) is 5.78. The minimum atomic E-state index is -0.713. The Hall–Kier alpha value is -4.37. The predicted octanol–water partition coefficient (Wildman–Crippen LogP) is 6.05. The third-order valence-corrected chi connectivity index (χ3v) is 8.83. The summed E-state index contributed by atoms with van der Waals surface area (Å²) >= 11 is 2.14. The Balaban J connectivity index is 1.25. The van der Waals surface area contributed by atoms with E-state index in [1.165, 1.54) is 36.4 Å². The molecule has 0 radical (unpaired) electrons. The molecule has 0 spiro atoms. The quantitative estimate of drug-likeness (QED) is 0.126. The van der Waals surface area contributed by atoms with Gasteiger partial charge in [-0.2, -0.15) is 0 Å². The SMILES string of the molecule is CN(C)C1CCC(C(=O)NC(N)=Nc2cc(Nc3ncc4c(n3)-c3ccc(I)cc3C(c3c(F)cccc3F)=NC4)ccc2F)C1. The van der Waals surface area contributed by atoms with Crippen molar-refractivity contribution in [1.82, 2.24) is 20.2 Å². The molecule has 3 aromatic carbocycles. The van der Waals surface area contributed by atoms with Crippen LogP contribution in [0.3, 0.4) is 0 Å². The van der Waals surface area contributed by atoms with Crippen molar-refractivity contribution < 1.29 is 18.0 Å². The van der Waals surface area contributed by atoms with Gasteiger partial charge < -0.3 is 16.0 Å². The Bertz CT molecular complexity index is 1880. The van der Waals surface area contributed by atoms with Crippen molar-refractivity contribution in [1.29, 1.82) is 0 Å². The van der Waals surface area contributed by atoms with Crippen molar-refractivity contribution in [2.75, 3.05) is 19.4 Å². The molecule has 1 fully saturated rings. The Labute approximate surface area is 277 Å². The minimum absolute atomic E-state index is 0.0833. The number of hydrogen-bond donors (Lipinski definition) is 3. The highest BCUT2D eigenvalue weighted by atomic mass is 127. The van der Waals surface area contributed by atoms with Crippen molar-refractivity contribution in [3.63, 3.8) is 0 Å². The van der Waals surface area contributed by atoms with E-state index >= 15 is 0 Å². The summed E-state index contributed by atoms with van der Waals surface area (Å²) in [5.74, 6) is -2.49. The fraction of sp³-hybridized carbons (Fsp3) is 0.242. The molecule has 1 amide bonds. The second-order valence-corrected chi connectivity index (χ2v) is 12.7. The Morgan fingerprint density at radius 1 is 1.02 bits per heavy atom. The van der Waals surface area contributed by atoms with Gasteiger partial charge in [-0.3, -0.25) is 15.1 Å². The molecular formula is C33H30F3IN8O. The molecule has 9 nitrogen and oxygen atoms in total. The van der Waals surface area contributed by atoms with E-state index in [4.69, 9.17) is 10.7 Å². The van der Waals surface area contributed by atoms with Gasteiger partial charge in [-0.05, 0) is 98.4 Å². The second kappa shape index (κ2) is 13.2. The van der Waals surface area contributed by atoms with Gasteiger partial charge >= 0.3 is 0 Å². The lowest BCUT2D eigenvalue weighted by molar-refractivity contribution is -0.123. The molecule has 1 aliphatic carbocycles. The number of carbonyl (C=O) groups excluding carboxylic acids is 1. The minimum Gasteiger partial charge on any atom is -0.369 e. The van der Waals surface area contributed by atoms with E-state index in [9.17, 15) is 18.0 Å². The number of aliphatic imine (C=N–C) groups is 2. The molecule has 0 bridgehead atoms. The molecule has 13 heteroatoms. The van der Waals surface area contributed by atoms with Crippen LogP contribution < -0.4 is 16.4 Å². The molecule has 0 saturated heterocycles. The first-order valence-corrected chi connectivity index (χ1v) is 15.7. The van der Waals surface area contributed by atoms with E-state index in [1.807, 2.05) is 32.3 Å². The monoisotopic (exact) mass is 738 g/mol. The molecule has 2 heterocycles. The van der Waals surface area contributed by atoms with Gasteiger partial charge in [0.2, 0.25) is 17.8 Å². The number of hydrogen-bond acceptors (Lipinski definition) is 7. The van der Waals surface area contributed by atoms with Gasteiger partial charge in [-0.15, -0.1) is 0 Å². The maximum atomic E-state index is 14.9. The summed E-state index contributed by atoms with van der Waals surface area (Å²) in [4.78, 5) is 32.7. The molecule has 6 rings (SSSR count). The van der Waals surface area contributed by atoms with E-state index in [0.717, 1.165) is 22.8 Å². The number of nitrogens with two attached hydrogens (primary N) is 1. The first-order valence-electron chi connectivity index (χ1n) is 14.6. The molecule has 1 saturated carbocycles. The van der Waals surface area contributed by atoms with Crippen LogP contribution in [0.25, 0.3) is 11.3 Å². The number of guanidine groups is 1. The summed E-state index contributed by atoms with van der Waals surface area (Å²) in [5.41, 5.74) is 8.68. The molecule has 2 unspecified atom stereocenters. The third kappa shape index (κ3) is 6.60. The summed E-state index contributed by atoms with van der Waals surface area (Å²) in [6.45, 7) is 0.0983. The third-order valence-electron chi connectivity index (χ3n) is 8.16. The smallest absolute Gasteiger partial charge is 0.229 e. The van der Waals surface area contributed by atoms with Crippen LogP contribution in [0, 0.1) is 26.9 Å². The zero-order chi connectivity index (χ0) is 32.5. The Kier molecular flexibility index (Phi) is 9.04. The summed E-state index contributed by atoms with van der Waals surface area (Å²) in [6.07, 6.45) is 3.97. The number of fused-ring (bicyclic) bond motifs is 3. The fourth-order valence-corrected chi connectivity index (χ4v) is 6.27. The van der Waals surface area contributed by atoms with Crippen LogP contribution in [0.2, 0.25) is 0 Å². The van der Waals surface area contributed by atoms with Gasteiger partial charge in [-0.1, -0.05) is 12.1 Å². The first kappa shape index (κ1) is 31.6. The second-order valence-electron chi connectivity index (χ2n) is 11.4. The average molecular weight is 739 g/mol. The number of aromatic nitrogens is 2. The number of halogens is 4. The van der Waals surface area contributed by atoms with Gasteiger partial charge in [0.15, 0.2) is 0 Å². The first-order chi connectivity index (χ1) is 22.1. The molecule has 46 heavy (non-hydrogen) atoms. The van der Waals surface area contributed by atoms with Crippen LogP contribution in [0.15, 0.2) is 70.8 Å². The number of nitrogens with one attached hydrogen (secondary N) is 2.